The molecule has 1 heterocycles. The number of allylic oxidation sites excluding steroid dienone is 3. The summed E-state index contributed by atoms with van der Waals surface area (Å²) in [6, 6.07) is 5.99. The fourth-order valence-corrected chi connectivity index (χ4v) is 2.16. The Bertz CT molecular complexity index is 820. The Morgan fingerprint density at radius 1 is 1.29 bits per heavy atom. The van der Waals surface area contributed by atoms with Crippen LogP contribution in [0.5, 0.6) is 11.5 Å². The van der Waals surface area contributed by atoms with Crippen molar-refractivity contribution in [3.05, 3.63) is 58.5 Å². The smallest absolute Gasteiger partial charge is 0.336 e. The summed E-state index contributed by atoms with van der Waals surface area (Å²) in [6.07, 6.45) is 7.16. The molecule has 0 aliphatic rings. The molecule has 0 radical (unpaired) electrons. The van der Waals surface area contributed by atoms with E-state index in [9.17, 15) is 9.90 Å². The maximum Gasteiger partial charge on any atom is 0.336 e. The molecule has 1 aromatic carbocycles. The van der Waals surface area contributed by atoms with Gasteiger partial charge in [0.25, 0.3) is 0 Å². The molecule has 0 spiro atoms. The number of phenols is 1. The topological polar surface area (TPSA) is 59.7 Å². The number of ether oxygens (including phenoxy) is 1. The molecule has 2 rings (SSSR count). The molecule has 4 nitrogen and oxygen atoms in total. The van der Waals surface area contributed by atoms with Gasteiger partial charge in [0, 0.05) is 17.5 Å². The molecule has 0 fully saturated rings. The van der Waals surface area contributed by atoms with Crippen LogP contribution in [0.25, 0.3) is 11.0 Å². The average Bonchev–Trinajstić information content (AvgIpc) is 2.47. The van der Waals surface area contributed by atoms with E-state index in [4.69, 9.17) is 9.15 Å². The second-order valence-electron chi connectivity index (χ2n) is 6.95. The molecular formula is C20H24O4. The van der Waals surface area contributed by atoms with Crippen molar-refractivity contribution in [3.8, 4) is 11.5 Å². The number of hydrogen-bond donors (Lipinski definition) is 1. The van der Waals surface area contributed by atoms with Gasteiger partial charge in [-0.1, -0.05) is 38.5 Å². The van der Waals surface area contributed by atoms with Crippen LogP contribution in [0.1, 0.15) is 34.1 Å². The van der Waals surface area contributed by atoms with Crippen molar-refractivity contribution in [2.24, 2.45) is 5.41 Å². The fraction of sp³-hybridized carbons (Fsp3) is 0.350. The van der Waals surface area contributed by atoms with Gasteiger partial charge in [0.15, 0.2) is 11.5 Å². The van der Waals surface area contributed by atoms with Gasteiger partial charge in [-0.15, -0.1) is 0 Å². The first kappa shape index (κ1) is 17.9. The zero-order valence-electron chi connectivity index (χ0n) is 14.6. The third-order valence-electron chi connectivity index (χ3n) is 3.43. The lowest BCUT2D eigenvalue weighted by molar-refractivity contribution is 0.335. The fourth-order valence-electron chi connectivity index (χ4n) is 2.16. The summed E-state index contributed by atoms with van der Waals surface area (Å²) in [6.45, 7) is 8.85. The van der Waals surface area contributed by atoms with Gasteiger partial charge in [0.05, 0.1) is 0 Å². The van der Waals surface area contributed by atoms with Crippen molar-refractivity contribution in [2.45, 2.75) is 34.1 Å². The Morgan fingerprint density at radius 2 is 2.04 bits per heavy atom. The quantitative estimate of drug-likeness (QED) is 0.631. The molecule has 0 saturated carbocycles. The van der Waals surface area contributed by atoms with Crippen LogP contribution in [0, 0.1) is 5.41 Å². The molecule has 24 heavy (non-hydrogen) atoms. The number of aromatic hydroxyl groups is 1. The molecule has 4 heteroatoms. The zero-order valence-corrected chi connectivity index (χ0v) is 14.6. The molecule has 0 unspecified atom stereocenters. The van der Waals surface area contributed by atoms with Crippen molar-refractivity contribution in [1.82, 2.24) is 0 Å². The molecule has 0 amide bonds. The molecule has 1 aromatic heterocycles. The van der Waals surface area contributed by atoms with Gasteiger partial charge in [-0.05, 0) is 37.0 Å². The van der Waals surface area contributed by atoms with Gasteiger partial charge in [0.1, 0.15) is 12.2 Å². The Hall–Kier alpha value is -2.49. The summed E-state index contributed by atoms with van der Waals surface area (Å²) in [5.41, 5.74) is 1.32. The summed E-state index contributed by atoms with van der Waals surface area (Å²) in [7, 11) is 0. The standard InChI is InChI=1S/C20H24O4/c1-14(6-5-10-20(2,3)4)9-11-23-18-13-17-15(12-16(18)21)7-8-19(22)24-17/h5,7-10,12-13,21H,6,11H2,1-4H3. The van der Waals surface area contributed by atoms with Crippen LogP contribution in [0.2, 0.25) is 0 Å². The van der Waals surface area contributed by atoms with E-state index in [2.05, 4.69) is 32.9 Å². The van der Waals surface area contributed by atoms with Crippen LogP contribution in [0.15, 0.2) is 57.3 Å². The molecule has 0 bridgehead atoms. The minimum atomic E-state index is -0.430. The number of hydrogen-bond acceptors (Lipinski definition) is 4. The highest BCUT2D eigenvalue weighted by Gasteiger charge is 2.07. The highest BCUT2D eigenvalue weighted by atomic mass is 16.5. The van der Waals surface area contributed by atoms with E-state index in [1.54, 1.807) is 6.07 Å². The third kappa shape index (κ3) is 5.30. The van der Waals surface area contributed by atoms with Gasteiger partial charge in [-0.25, -0.2) is 4.79 Å². The van der Waals surface area contributed by atoms with E-state index in [0.29, 0.717) is 23.3 Å². The summed E-state index contributed by atoms with van der Waals surface area (Å²) >= 11 is 0. The Morgan fingerprint density at radius 3 is 2.75 bits per heavy atom. The molecule has 0 aliphatic carbocycles. The van der Waals surface area contributed by atoms with Crippen molar-refractivity contribution in [2.75, 3.05) is 6.61 Å². The Balaban J connectivity index is 2.02. The minimum Gasteiger partial charge on any atom is -0.504 e. The summed E-state index contributed by atoms with van der Waals surface area (Å²) in [4.78, 5) is 11.3. The van der Waals surface area contributed by atoms with E-state index in [0.717, 1.165) is 6.42 Å². The van der Waals surface area contributed by atoms with Crippen LogP contribution in [0.4, 0.5) is 0 Å². The third-order valence-corrected chi connectivity index (χ3v) is 3.43. The molecule has 0 saturated heterocycles. The first-order valence-corrected chi connectivity index (χ1v) is 7.97. The first-order valence-electron chi connectivity index (χ1n) is 7.97. The lowest BCUT2D eigenvalue weighted by Crippen LogP contribution is -1.99. The van der Waals surface area contributed by atoms with Crippen molar-refractivity contribution >= 4 is 11.0 Å². The zero-order chi connectivity index (χ0) is 17.7. The molecule has 0 aliphatic heterocycles. The van der Waals surface area contributed by atoms with Gasteiger partial charge < -0.3 is 14.3 Å². The minimum absolute atomic E-state index is 0.0232. The number of fused-ring (bicyclic) bond motifs is 1. The maximum atomic E-state index is 11.3. The molecule has 128 valence electrons. The van der Waals surface area contributed by atoms with Crippen LogP contribution >= 0.6 is 0 Å². The van der Waals surface area contributed by atoms with Gasteiger partial charge >= 0.3 is 5.63 Å². The van der Waals surface area contributed by atoms with E-state index in [1.807, 2.05) is 13.0 Å². The maximum absolute atomic E-state index is 11.3. The van der Waals surface area contributed by atoms with Crippen LogP contribution in [-0.4, -0.2) is 11.7 Å². The monoisotopic (exact) mass is 328 g/mol. The van der Waals surface area contributed by atoms with Gasteiger partial charge in [-0.3, -0.25) is 0 Å². The highest BCUT2D eigenvalue weighted by molar-refractivity contribution is 5.80. The van der Waals surface area contributed by atoms with Crippen molar-refractivity contribution < 1.29 is 14.3 Å². The highest BCUT2D eigenvalue weighted by Crippen LogP contribution is 2.30. The Labute approximate surface area is 142 Å². The second kappa shape index (κ2) is 7.39. The van der Waals surface area contributed by atoms with E-state index >= 15 is 0 Å². The predicted molar refractivity (Wildman–Crippen MR) is 96.6 cm³/mol. The average molecular weight is 328 g/mol. The SMILES string of the molecule is CC(=CCOc1cc2oc(=O)ccc2cc1O)CC=CC(C)(C)C. The predicted octanol–water partition coefficient (Wildman–Crippen LogP) is 4.82. The summed E-state index contributed by atoms with van der Waals surface area (Å²) in [5, 5.41) is 10.6. The van der Waals surface area contributed by atoms with E-state index in [1.165, 1.54) is 23.8 Å². The molecular weight excluding hydrogens is 304 g/mol. The van der Waals surface area contributed by atoms with Crippen LogP contribution in [-0.2, 0) is 0 Å². The van der Waals surface area contributed by atoms with Crippen LogP contribution in [0.3, 0.4) is 0 Å². The summed E-state index contributed by atoms with van der Waals surface area (Å²) < 4.78 is 10.7. The number of benzene rings is 1. The lowest BCUT2D eigenvalue weighted by atomic mass is 9.95. The molecule has 2 aromatic rings. The molecule has 0 atom stereocenters. The van der Waals surface area contributed by atoms with Crippen molar-refractivity contribution in [1.29, 1.82) is 0 Å². The van der Waals surface area contributed by atoms with E-state index < -0.39 is 5.63 Å². The summed E-state index contributed by atoms with van der Waals surface area (Å²) in [5.74, 6) is 0.321. The van der Waals surface area contributed by atoms with Crippen molar-refractivity contribution in [3.63, 3.8) is 0 Å². The Kier molecular flexibility index (Phi) is 5.50. The van der Waals surface area contributed by atoms with Crippen LogP contribution < -0.4 is 10.4 Å². The molecule has 1 N–H and O–H groups in total. The second-order valence-corrected chi connectivity index (χ2v) is 6.95. The lowest BCUT2D eigenvalue weighted by Gasteiger charge is -2.11. The van der Waals surface area contributed by atoms with Gasteiger partial charge in [0.2, 0.25) is 0 Å². The van der Waals surface area contributed by atoms with Gasteiger partial charge in [-0.2, -0.15) is 0 Å². The number of rotatable bonds is 5. The largest absolute Gasteiger partial charge is 0.504 e. The first-order chi connectivity index (χ1) is 11.2. The normalized spacial score (nSPS) is 12.9. The van der Waals surface area contributed by atoms with E-state index in [-0.39, 0.29) is 11.2 Å². The number of phenolic OH excluding ortho intramolecular Hbond substituents is 1.